The van der Waals surface area contributed by atoms with Gasteiger partial charge in [-0.05, 0) is 24.1 Å². The zero-order valence-electron chi connectivity index (χ0n) is 9.90. The van der Waals surface area contributed by atoms with Crippen LogP contribution in [0.1, 0.15) is 18.9 Å². The fourth-order valence-corrected chi connectivity index (χ4v) is 1.65. The first-order valence-electron chi connectivity index (χ1n) is 5.57. The molecule has 0 amide bonds. The summed E-state index contributed by atoms with van der Waals surface area (Å²) in [4.78, 5) is 11.9. The van der Waals surface area contributed by atoms with Crippen LogP contribution in [0.15, 0.2) is 24.3 Å². The molecule has 0 fully saturated rings. The second-order valence-corrected chi connectivity index (χ2v) is 3.84. The van der Waals surface area contributed by atoms with Gasteiger partial charge in [-0.25, -0.2) is 0 Å². The van der Waals surface area contributed by atoms with Gasteiger partial charge in [-0.2, -0.15) is 0 Å². The van der Waals surface area contributed by atoms with E-state index in [2.05, 4.69) is 0 Å². The quantitative estimate of drug-likeness (QED) is 0.796. The molecule has 2 N–H and O–H groups in total. The summed E-state index contributed by atoms with van der Waals surface area (Å²) in [6.45, 7) is 2.42. The number of nitrogens with two attached hydrogens (primary N) is 1. The summed E-state index contributed by atoms with van der Waals surface area (Å²) >= 11 is 0. The highest BCUT2D eigenvalue weighted by Gasteiger charge is 2.14. The lowest BCUT2D eigenvalue weighted by Crippen LogP contribution is -2.24. The number of carbonyl (C=O) groups is 1. The molecule has 0 bridgehead atoms. The minimum Gasteiger partial charge on any atom is -0.497 e. The van der Waals surface area contributed by atoms with E-state index in [-0.39, 0.29) is 11.7 Å². The van der Waals surface area contributed by atoms with Crippen LogP contribution in [0, 0.1) is 5.92 Å². The molecule has 0 saturated carbocycles. The molecule has 1 aromatic rings. The van der Waals surface area contributed by atoms with Gasteiger partial charge >= 0.3 is 0 Å². The monoisotopic (exact) mass is 221 g/mol. The maximum Gasteiger partial charge on any atom is 0.141 e. The van der Waals surface area contributed by atoms with Crippen LogP contribution >= 0.6 is 0 Å². The fourth-order valence-electron chi connectivity index (χ4n) is 1.65. The summed E-state index contributed by atoms with van der Waals surface area (Å²) in [6, 6.07) is 7.59. The Bertz CT molecular complexity index is 346. The van der Waals surface area contributed by atoms with Crippen LogP contribution in [0.2, 0.25) is 0 Å². The summed E-state index contributed by atoms with van der Waals surface area (Å²) < 4.78 is 5.11. The number of Topliss-reactive ketones (excluding diaryl/α,β-unsaturated/α-hetero) is 1. The molecule has 1 unspecified atom stereocenters. The highest BCUT2D eigenvalue weighted by molar-refractivity contribution is 5.83. The van der Waals surface area contributed by atoms with Gasteiger partial charge in [0.25, 0.3) is 0 Å². The summed E-state index contributed by atoms with van der Waals surface area (Å²) in [5, 5.41) is 0. The summed E-state index contributed by atoms with van der Waals surface area (Å²) in [7, 11) is 1.62. The van der Waals surface area contributed by atoms with Gasteiger partial charge in [-0.3, -0.25) is 4.79 Å². The second kappa shape index (κ2) is 6.28. The van der Waals surface area contributed by atoms with Crippen molar-refractivity contribution in [2.24, 2.45) is 11.7 Å². The lowest BCUT2D eigenvalue weighted by atomic mass is 9.96. The number of rotatable bonds is 6. The van der Waals surface area contributed by atoms with Crippen LogP contribution in [-0.4, -0.2) is 19.4 Å². The van der Waals surface area contributed by atoms with Gasteiger partial charge in [-0.1, -0.05) is 19.1 Å². The molecule has 0 spiro atoms. The first-order valence-corrected chi connectivity index (χ1v) is 5.57. The van der Waals surface area contributed by atoms with Gasteiger partial charge in [0, 0.05) is 18.9 Å². The number of hydrogen-bond acceptors (Lipinski definition) is 3. The molecule has 16 heavy (non-hydrogen) atoms. The Hall–Kier alpha value is -1.35. The van der Waals surface area contributed by atoms with Crippen molar-refractivity contribution in [3.05, 3.63) is 29.8 Å². The van der Waals surface area contributed by atoms with E-state index in [0.29, 0.717) is 13.0 Å². The number of ketones is 1. The molecule has 1 aromatic carbocycles. The Balaban J connectivity index is 2.68. The maximum atomic E-state index is 11.9. The average Bonchev–Trinajstić information content (AvgIpc) is 2.31. The van der Waals surface area contributed by atoms with Crippen LogP contribution in [0.5, 0.6) is 5.75 Å². The van der Waals surface area contributed by atoms with E-state index in [1.165, 1.54) is 0 Å². The average molecular weight is 221 g/mol. The maximum absolute atomic E-state index is 11.9. The standard InChI is InChI=1S/C13H19NO2/c1-3-11(9-14)13(15)8-10-5-4-6-12(7-10)16-2/h4-7,11H,3,8-9,14H2,1-2H3. The Morgan fingerprint density at radius 2 is 2.25 bits per heavy atom. The van der Waals surface area contributed by atoms with Crippen LogP contribution in [-0.2, 0) is 11.2 Å². The molecule has 0 radical (unpaired) electrons. The van der Waals surface area contributed by atoms with Crippen molar-refractivity contribution in [2.75, 3.05) is 13.7 Å². The smallest absolute Gasteiger partial charge is 0.141 e. The largest absolute Gasteiger partial charge is 0.497 e. The normalized spacial score (nSPS) is 12.2. The molecule has 88 valence electrons. The molecule has 0 aromatic heterocycles. The predicted molar refractivity (Wildman–Crippen MR) is 64.5 cm³/mol. The number of ether oxygens (including phenoxy) is 1. The van der Waals surface area contributed by atoms with E-state index < -0.39 is 0 Å². The fraction of sp³-hybridized carbons (Fsp3) is 0.462. The van der Waals surface area contributed by atoms with E-state index >= 15 is 0 Å². The molecule has 0 aliphatic carbocycles. The van der Waals surface area contributed by atoms with Crippen LogP contribution in [0.25, 0.3) is 0 Å². The van der Waals surface area contributed by atoms with Crippen molar-refractivity contribution in [1.29, 1.82) is 0 Å². The third-order valence-electron chi connectivity index (χ3n) is 2.75. The minimum absolute atomic E-state index is 0.0220. The van der Waals surface area contributed by atoms with E-state index in [1.54, 1.807) is 7.11 Å². The first-order chi connectivity index (χ1) is 7.71. The predicted octanol–water partition coefficient (Wildman–Crippen LogP) is 1.79. The van der Waals surface area contributed by atoms with E-state index in [9.17, 15) is 4.79 Å². The molecule has 0 aliphatic rings. The lowest BCUT2D eigenvalue weighted by Gasteiger charge is -2.11. The van der Waals surface area contributed by atoms with E-state index in [1.807, 2.05) is 31.2 Å². The van der Waals surface area contributed by atoms with Gasteiger partial charge < -0.3 is 10.5 Å². The zero-order chi connectivity index (χ0) is 12.0. The van der Waals surface area contributed by atoms with Crippen LogP contribution < -0.4 is 10.5 Å². The Labute approximate surface area is 96.6 Å². The Kier molecular flexibility index (Phi) is 4.99. The highest BCUT2D eigenvalue weighted by Crippen LogP contribution is 2.15. The molecule has 3 nitrogen and oxygen atoms in total. The summed E-state index contributed by atoms with van der Waals surface area (Å²) in [6.07, 6.45) is 1.24. The number of benzene rings is 1. The first kappa shape index (κ1) is 12.7. The molecule has 0 saturated heterocycles. The third-order valence-corrected chi connectivity index (χ3v) is 2.75. The second-order valence-electron chi connectivity index (χ2n) is 3.84. The Morgan fingerprint density at radius 1 is 1.50 bits per heavy atom. The van der Waals surface area contributed by atoms with Crippen LogP contribution in [0.4, 0.5) is 0 Å². The van der Waals surface area contributed by atoms with Crippen molar-refractivity contribution in [3.8, 4) is 5.75 Å². The van der Waals surface area contributed by atoms with E-state index in [4.69, 9.17) is 10.5 Å². The van der Waals surface area contributed by atoms with Gasteiger partial charge in [0.05, 0.1) is 7.11 Å². The number of carbonyl (C=O) groups excluding carboxylic acids is 1. The SMILES string of the molecule is CCC(CN)C(=O)Cc1cccc(OC)c1. The van der Waals surface area contributed by atoms with E-state index in [0.717, 1.165) is 17.7 Å². The summed E-state index contributed by atoms with van der Waals surface area (Å²) in [5.74, 6) is 0.968. The minimum atomic E-state index is -0.0220. The third kappa shape index (κ3) is 3.35. The van der Waals surface area contributed by atoms with Gasteiger partial charge in [0.1, 0.15) is 11.5 Å². The number of methoxy groups -OCH3 is 1. The molecule has 3 heteroatoms. The molecule has 0 aliphatic heterocycles. The number of hydrogen-bond donors (Lipinski definition) is 1. The lowest BCUT2D eigenvalue weighted by molar-refractivity contribution is -0.122. The van der Waals surface area contributed by atoms with Crippen molar-refractivity contribution < 1.29 is 9.53 Å². The Morgan fingerprint density at radius 3 is 2.81 bits per heavy atom. The highest BCUT2D eigenvalue weighted by atomic mass is 16.5. The zero-order valence-corrected chi connectivity index (χ0v) is 9.90. The van der Waals surface area contributed by atoms with Crippen molar-refractivity contribution >= 4 is 5.78 Å². The van der Waals surface area contributed by atoms with Gasteiger partial charge in [0.15, 0.2) is 0 Å². The van der Waals surface area contributed by atoms with Gasteiger partial charge in [-0.15, -0.1) is 0 Å². The van der Waals surface area contributed by atoms with Crippen LogP contribution in [0.3, 0.4) is 0 Å². The molecular formula is C13H19NO2. The molecule has 1 rings (SSSR count). The molecular weight excluding hydrogens is 202 g/mol. The topological polar surface area (TPSA) is 52.3 Å². The van der Waals surface area contributed by atoms with Crippen molar-refractivity contribution in [1.82, 2.24) is 0 Å². The molecule has 1 atom stereocenters. The molecule has 0 heterocycles. The van der Waals surface area contributed by atoms with Crippen molar-refractivity contribution in [3.63, 3.8) is 0 Å². The van der Waals surface area contributed by atoms with Gasteiger partial charge in [0.2, 0.25) is 0 Å². The summed E-state index contributed by atoms with van der Waals surface area (Å²) in [5.41, 5.74) is 6.53. The van der Waals surface area contributed by atoms with Crippen molar-refractivity contribution in [2.45, 2.75) is 19.8 Å².